The first-order valence-corrected chi connectivity index (χ1v) is 9.80. The SMILES string of the molecule is CCN(CC)CCN(C(=O)c1nccn1C)c1nc2ccc(Cl)cc2s1. The lowest BCUT2D eigenvalue weighted by Crippen LogP contribution is -2.39. The summed E-state index contributed by atoms with van der Waals surface area (Å²) in [7, 11) is 1.82. The number of rotatable bonds is 7. The summed E-state index contributed by atoms with van der Waals surface area (Å²) in [6.07, 6.45) is 3.40. The largest absolute Gasteiger partial charge is 0.330 e. The third kappa shape index (κ3) is 3.90. The molecule has 1 aromatic carbocycles. The van der Waals surface area contributed by atoms with Crippen LogP contribution in [-0.2, 0) is 7.05 Å². The minimum Gasteiger partial charge on any atom is -0.330 e. The van der Waals surface area contributed by atoms with Crippen LogP contribution < -0.4 is 4.90 Å². The van der Waals surface area contributed by atoms with Crippen LogP contribution in [0.15, 0.2) is 30.6 Å². The molecule has 6 nitrogen and oxygen atoms in total. The molecule has 8 heteroatoms. The van der Waals surface area contributed by atoms with Gasteiger partial charge in [0.1, 0.15) is 0 Å². The third-order valence-corrected chi connectivity index (χ3v) is 5.64. The summed E-state index contributed by atoms with van der Waals surface area (Å²) in [4.78, 5) is 26.0. The normalized spacial score (nSPS) is 11.4. The number of nitrogens with zero attached hydrogens (tertiary/aromatic N) is 5. The summed E-state index contributed by atoms with van der Waals surface area (Å²) in [6.45, 7) is 7.45. The first-order chi connectivity index (χ1) is 12.5. The molecule has 0 aliphatic rings. The van der Waals surface area contributed by atoms with Crippen LogP contribution in [0.5, 0.6) is 0 Å². The Kier molecular flexibility index (Phi) is 5.90. The highest BCUT2D eigenvalue weighted by Crippen LogP contribution is 2.31. The van der Waals surface area contributed by atoms with Gasteiger partial charge < -0.3 is 9.47 Å². The van der Waals surface area contributed by atoms with E-state index in [4.69, 9.17) is 11.6 Å². The molecule has 0 N–H and O–H groups in total. The Morgan fingerprint density at radius 1 is 1.27 bits per heavy atom. The first kappa shape index (κ1) is 18.8. The van der Waals surface area contributed by atoms with Crippen molar-refractivity contribution in [3.05, 3.63) is 41.4 Å². The molecule has 0 unspecified atom stereocenters. The number of imidazole rings is 1. The summed E-state index contributed by atoms with van der Waals surface area (Å²) in [5, 5.41) is 1.33. The van der Waals surface area contributed by atoms with Gasteiger partial charge in [0.2, 0.25) is 0 Å². The molecule has 0 radical (unpaired) electrons. The molecule has 0 saturated heterocycles. The monoisotopic (exact) mass is 391 g/mol. The van der Waals surface area contributed by atoms with E-state index < -0.39 is 0 Å². The second kappa shape index (κ2) is 8.16. The van der Waals surface area contributed by atoms with Crippen LogP contribution >= 0.6 is 22.9 Å². The Hall–Kier alpha value is -1.96. The number of aromatic nitrogens is 3. The number of thiazole rings is 1. The minimum absolute atomic E-state index is 0.144. The highest BCUT2D eigenvalue weighted by atomic mass is 35.5. The molecule has 0 bridgehead atoms. The van der Waals surface area contributed by atoms with Crippen molar-refractivity contribution in [1.82, 2.24) is 19.4 Å². The van der Waals surface area contributed by atoms with E-state index in [1.807, 2.05) is 25.2 Å². The number of anilines is 1. The average Bonchev–Trinajstić information content (AvgIpc) is 3.23. The van der Waals surface area contributed by atoms with Crippen molar-refractivity contribution in [2.24, 2.45) is 7.05 Å². The summed E-state index contributed by atoms with van der Waals surface area (Å²) < 4.78 is 2.70. The molecule has 0 saturated carbocycles. The fourth-order valence-corrected chi connectivity index (χ4v) is 4.03. The van der Waals surface area contributed by atoms with Gasteiger partial charge in [0.25, 0.3) is 5.91 Å². The highest BCUT2D eigenvalue weighted by molar-refractivity contribution is 7.22. The zero-order valence-electron chi connectivity index (χ0n) is 15.1. The highest BCUT2D eigenvalue weighted by Gasteiger charge is 2.24. The van der Waals surface area contributed by atoms with E-state index in [-0.39, 0.29) is 5.91 Å². The second-order valence-electron chi connectivity index (χ2n) is 5.95. The maximum absolute atomic E-state index is 13.1. The lowest BCUT2D eigenvalue weighted by atomic mass is 10.3. The molecule has 0 aliphatic carbocycles. The van der Waals surface area contributed by atoms with Gasteiger partial charge >= 0.3 is 0 Å². The van der Waals surface area contributed by atoms with Crippen molar-refractivity contribution in [3.63, 3.8) is 0 Å². The molecule has 0 aliphatic heterocycles. The number of hydrogen-bond acceptors (Lipinski definition) is 5. The Bertz CT molecular complexity index is 902. The van der Waals surface area contributed by atoms with Gasteiger partial charge in [-0.1, -0.05) is 36.8 Å². The second-order valence-corrected chi connectivity index (χ2v) is 7.40. The van der Waals surface area contributed by atoms with E-state index in [0.717, 1.165) is 29.9 Å². The Labute approximate surface area is 162 Å². The number of carbonyl (C=O) groups excluding carboxylic acids is 1. The molecule has 138 valence electrons. The van der Waals surface area contributed by atoms with Gasteiger partial charge in [-0.2, -0.15) is 0 Å². The van der Waals surface area contributed by atoms with E-state index in [1.54, 1.807) is 21.9 Å². The van der Waals surface area contributed by atoms with E-state index in [0.29, 0.717) is 22.5 Å². The number of carbonyl (C=O) groups is 1. The summed E-state index contributed by atoms with van der Waals surface area (Å²) in [6, 6.07) is 5.57. The van der Waals surface area contributed by atoms with E-state index in [2.05, 4.69) is 28.7 Å². The van der Waals surface area contributed by atoms with Crippen LogP contribution in [0.25, 0.3) is 10.2 Å². The zero-order chi connectivity index (χ0) is 18.7. The van der Waals surface area contributed by atoms with Crippen LogP contribution in [-0.4, -0.2) is 51.5 Å². The zero-order valence-corrected chi connectivity index (χ0v) is 16.7. The van der Waals surface area contributed by atoms with Gasteiger partial charge in [0.15, 0.2) is 11.0 Å². The Morgan fingerprint density at radius 3 is 2.69 bits per heavy atom. The number of hydrogen-bond donors (Lipinski definition) is 0. The standard InChI is InChI=1S/C18H22ClN5OS/c1-4-23(5-2)10-11-24(17(25)16-20-8-9-22(16)3)18-21-14-7-6-13(19)12-15(14)26-18/h6-9,12H,4-5,10-11H2,1-3H3. The van der Waals surface area contributed by atoms with Crippen LogP contribution in [0.3, 0.4) is 0 Å². The van der Waals surface area contributed by atoms with Crippen LogP contribution in [0.2, 0.25) is 5.02 Å². The molecule has 2 heterocycles. The minimum atomic E-state index is -0.144. The van der Waals surface area contributed by atoms with E-state index in [1.165, 1.54) is 11.3 Å². The van der Waals surface area contributed by atoms with E-state index in [9.17, 15) is 4.79 Å². The van der Waals surface area contributed by atoms with Crippen molar-refractivity contribution in [2.45, 2.75) is 13.8 Å². The predicted octanol–water partition coefficient (Wildman–Crippen LogP) is 3.67. The van der Waals surface area contributed by atoms with E-state index >= 15 is 0 Å². The number of amides is 1. The fraction of sp³-hybridized carbons (Fsp3) is 0.389. The number of likely N-dealkylation sites (N-methyl/N-ethyl adjacent to an activating group) is 1. The van der Waals surface area contributed by atoms with Gasteiger partial charge in [-0.15, -0.1) is 0 Å². The van der Waals surface area contributed by atoms with Crippen molar-refractivity contribution in [3.8, 4) is 0 Å². The van der Waals surface area contributed by atoms with Gasteiger partial charge in [-0.25, -0.2) is 9.97 Å². The topological polar surface area (TPSA) is 54.3 Å². The predicted molar refractivity (Wildman–Crippen MR) is 107 cm³/mol. The molecule has 0 atom stereocenters. The van der Waals surface area contributed by atoms with Crippen LogP contribution in [0, 0.1) is 0 Å². The number of fused-ring (bicyclic) bond motifs is 1. The molecular weight excluding hydrogens is 370 g/mol. The number of aryl methyl sites for hydroxylation is 1. The molecule has 0 fully saturated rings. The van der Waals surface area contributed by atoms with Gasteiger partial charge in [0.05, 0.1) is 10.2 Å². The third-order valence-electron chi connectivity index (χ3n) is 4.36. The van der Waals surface area contributed by atoms with Gasteiger partial charge in [-0.05, 0) is 31.3 Å². The molecule has 3 rings (SSSR count). The van der Waals surface area contributed by atoms with Crippen molar-refractivity contribution >= 4 is 44.2 Å². The average molecular weight is 392 g/mol. The molecule has 3 aromatic rings. The molecule has 2 aromatic heterocycles. The maximum atomic E-state index is 13.1. The summed E-state index contributed by atoms with van der Waals surface area (Å²) in [5.74, 6) is 0.261. The lowest BCUT2D eigenvalue weighted by Gasteiger charge is -2.24. The fourth-order valence-electron chi connectivity index (χ4n) is 2.76. The summed E-state index contributed by atoms with van der Waals surface area (Å²) >= 11 is 7.56. The Morgan fingerprint density at radius 2 is 2.04 bits per heavy atom. The first-order valence-electron chi connectivity index (χ1n) is 8.61. The molecule has 1 amide bonds. The lowest BCUT2D eigenvalue weighted by molar-refractivity contribution is 0.0971. The van der Waals surface area contributed by atoms with Gasteiger partial charge in [0, 0.05) is 37.6 Å². The maximum Gasteiger partial charge on any atom is 0.296 e. The van der Waals surface area contributed by atoms with Gasteiger partial charge in [-0.3, -0.25) is 9.69 Å². The van der Waals surface area contributed by atoms with Crippen molar-refractivity contribution in [2.75, 3.05) is 31.1 Å². The van der Waals surface area contributed by atoms with Crippen LogP contribution in [0.4, 0.5) is 5.13 Å². The van der Waals surface area contributed by atoms with Crippen molar-refractivity contribution in [1.29, 1.82) is 0 Å². The molecular formula is C18H22ClN5OS. The smallest absolute Gasteiger partial charge is 0.296 e. The Balaban J connectivity index is 1.95. The van der Waals surface area contributed by atoms with Crippen molar-refractivity contribution < 1.29 is 4.79 Å². The van der Waals surface area contributed by atoms with Crippen LogP contribution in [0.1, 0.15) is 24.5 Å². The molecule has 26 heavy (non-hydrogen) atoms. The summed E-state index contributed by atoms with van der Waals surface area (Å²) in [5.41, 5.74) is 0.842. The quantitative estimate of drug-likeness (QED) is 0.616. The molecule has 0 spiro atoms. The number of benzene rings is 1. The number of halogens is 1.